The number of ether oxygens (including phenoxy) is 1. The average molecular weight is 605 g/mol. The van der Waals surface area contributed by atoms with Crippen molar-refractivity contribution in [3.63, 3.8) is 0 Å². The van der Waals surface area contributed by atoms with Gasteiger partial charge in [0.05, 0.1) is 40.3 Å². The van der Waals surface area contributed by atoms with Crippen LogP contribution >= 0.6 is 28.6 Å². The van der Waals surface area contributed by atoms with Gasteiger partial charge in [-0.25, -0.2) is 9.59 Å². The number of nitrogens with one attached hydrogen (secondary N) is 3. The van der Waals surface area contributed by atoms with Crippen molar-refractivity contribution >= 4 is 58.2 Å². The van der Waals surface area contributed by atoms with Gasteiger partial charge in [0.25, 0.3) is 0 Å². The number of carboxylic acid groups (broad SMARTS) is 1. The van der Waals surface area contributed by atoms with Crippen molar-refractivity contribution in [1.29, 1.82) is 0 Å². The van der Waals surface area contributed by atoms with Gasteiger partial charge in [-0.1, -0.05) is 34.1 Å². The van der Waals surface area contributed by atoms with E-state index in [1.807, 2.05) is 21.1 Å². The van der Waals surface area contributed by atoms with Gasteiger partial charge >= 0.3 is 12.1 Å². The van der Waals surface area contributed by atoms with E-state index in [9.17, 15) is 29.1 Å². The van der Waals surface area contributed by atoms with E-state index in [1.165, 1.54) is 0 Å². The van der Waals surface area contributed by atoms with Crippen LogP contribution in [0.3, 0.4) is 0 Å². The second-order valence-corrected chi connectivity index (χ2v) is 10.6. The van der Waals surface area contributed by atoms with Crippen LogP contribution < -0.4 is 16.0 Å². The first-order valence-corrected chi connectivity index (χ1v) is 13.1. The first-order valence-electron chi connectivity index (χ1n) is 11.7. The number of alkyl carbamates (subject to hydrolysis) is 1. The SMILES string of the molecule is C[N+](C)(C)CCNC(=O)CCC(=O)[C@H](CS)NC(=O)CC[C@H](NC(=O)OCc1ccccc1Br)C(=O)O. The van der Waals surface area contributed by atoms with Crippen LogP contribution in [0.4, 0.5) is 4.79 Å². The number of hydrogen-bond acceptors (Lipinski definition) is 7. The van der Waals surface area contributed by atoms with Crippen LogP contribution in [0.25, 0.3) is 0 Å². The van der Waals surface area contributed by atoms with Crippen LogP contribution in [-0.4, -0.2) is 91.3 Å². The number of ketones is 1. The summed E-state index contributed by atoms with van der Waals surface area (Å²) in [4.78, 5) is 60.3. The molecular formula is C24H36BrN4O7S+. The number of quaternary nitrogens is 1. The lowest BCUT2D eigenvalue weighted by Crippen LogP contribution is -2.45. The largest absolute Gasteiger partial charge is 0.480 e. The summed E-state index contributed by atoms with van der Waals surface area (Å²) in [6.45, 7) is 1.16. The molecule has 0 saturated carbocycles. The van der Waals surface area contributed by atoms with E-state index >= 15 is 0 Å². The molecule has 0 fully saturated rings. The molecule has 0 spiro atoms. The van der Waals surface area contributed by atoms with Gasteiger partial charge in [-0.2, -0.15) is 12.6 Å². The Balaban J connectivity index is 2.45. The first kappa shape index (κ1) is 32.4. The molecule has 4 N–H and O–H groups in total. The number of carboxylic acids is 1. The molecule has 1 aromatic carbocycles. The zero-order chi connectivity index (χ0) is 28.0. The Kier molecular flexibility index (Phi) is 14.2. The van der Waals surface area contributed by atoms with E-state index < -0.39 is 30.1 Å². The van der Waals surface area contributed by atoms with Crippen molar-refractivity contribution in [3.05, 3.63) is 34.3 Å². The molecule has 1 rings (SSSR count). The third kappa shape index (κ3) is 14.0. The zero-order valence-corrected chi connectivity index (χ0v) is 23.8. The number of aliphatic carboxylic acids is 1. The highest BCUT2D eigenvalue weighted by molar-refractivity contribution is 9.10. The van der Waals surface area contributed by atoms with E-state index in [2.05, 4.69) is 44.5 Å². The summed E-state index contributed by atoms with van der Waals surface area (Å²) in [5, 5.41) is 16.9. The lowest BCUT2D eigenvalue weighted by atomic mass is 10.1. The quantitative estimate of drug-likeness (QED) is 0.142. The van der Waals surface area contributed by atoms with Crippen LogP contribution in [0, 0.1) is 0 Å². The van der Waals surface area contributed by atoms with Gasteiger partial charge < -0.3 is 30.3 Å². The number of rotatable bonds is 16. The molecule has 0 saturated heterocycles. The maximum atomic E-state index is 12.4. The number of amides is 3. The summed E-state index contributed by atoms with van der Waals surface area (Å²) in [5.41, 5.74) is 0.702. The van der Waals surface area contributed by atoms with Crippen LogP contribution in [0.5, 0.6) is 0 Å². The molecule has 0 aromatic heterocycles. The Morgan fingerprint density at radius 1 is 1.00 bits per heavy atom. The molecule has 2 atom stereocenters. The standard InChI is InChI=1S/C24H35BrN4O7S/c1-29(2,3)13-12-26-21(31)11-9-20(30)19(15-37)27-22(32)10-8-18(23(33)34)28-24(35)36-14-16-6-4-5-7-17(16)25/h4-7,18-19H,8-15H2,1-3H3,(H4-,26,27,28,31,32,33,34,35,37)/p+1/t18-,19-/m0/s1. The predicted molar refractivity (Wildman–Crippen MR) is 144 cm³/mol. The average Bonchev–Trinajstić information content (AvgIpc) is 2.82. The van der Waals surface area contributed by atoms with E-state index in [-0.39, 0.29) is 49.7 Å². The van der Waals surface area contributed by atoms with Gasteiger partial charge in [-0.3, -0.25) is 14.4 Å². The topological polar surface area (TPSA) is 151 Å². The van der Waals surface area contributed by atoms with E-state index in [4.69, 9.17) is 4.74 Å². The molecule has 0 aliphatic heterocycles. The zero-order valence-electron chi connectivity index (χ0n) is 21.3. The molecule has 0 aliphatic carbocycles. The molecule has 0 aliphatic rings. The first-order chi connectivity index (χ1) is 17.3. The fraction of sp³-hybridized carbons (Fsp3) is 0.542. The van der Waals surface area contributed by atoms with Crippen LogP contribution in [0.1, 0.15) is 31.2 Å². The minimum Gasteiger partial charge on any atom is -0.480 e. The highest BCUT2D eigenvalue weighted by atomic mass is 79.9. The van der Waals surface area contributed by atoms with Crippen LogP contribution in [0.15, 0.2) is 28.7 Å². The number of nitrogens with zero attached hydrogens (tertiary/aromatic N) is 1. The molecule has 0 radical (unpaired) electrons. The molecule has 37 heavy (non-hydrogen) atoms. The van der Waals surface area contributed by atoms with Gasteiger partial charge in [-0.05, 0) is 12.5 Å². The number of halogens is 1. The molecule has 206 valence electrons. The molecule has 0 unspecified atom stereocenters. The molecule has 1 aromatic rings. The Morgan fingerprint density at radius 3 is 2.27 bits per heavy atom. The van der Waals surface area contributed by atoms with E-state index in [1.54, 1.807) is 24.3 Å². The number of carbonyl (C=O) groups excluding carboxylic acids is 4. The third-order valence-electron chi connectivity index (χ3n) is 5.18. The maximum absolute atomic E-state index is 12.4. The van der Waals surface area contributed by atoms with Gasteiger partial charge in [0.1, 0.15) is 12.6 Å². The fourth-order valence-electron chi connectivity index (χ4n) is 3.00. The van der Waals surface area contributed by atoms with Crippen molar-refractivity contribution in [3.8, 4) is 0 Å². The van der Waals surface area contributed by atoms with Gasteiger partial charge in [0, 0.05) is 35.1 Å². The highest BCUT2D eigenvalue weighted by Gasteiger charge is 2.24. The van der Waals surface area contributed by atoms with E-state index in [0.29, 0.717) is 16.6 Å². The van der Waals surface area contributed by atoms with Crippen molar-refractivity contribution in [2.45, 2.75) is 44.4 Å². The number of benzene rings is 1. The Labute approximate surface area is 230 Å². The van der Waals surface area contributed by atoms with Crippen molar-refractivity contribution < 1.29 is 38.3 Å². The number of Topliss-reactive ketones (excluding diaryl/α,β-unsaturated/α-hetero) is 1. The molecular weight excluding hydrogens is 568 g/mol. The Morgan fingerprint density at radius 2 is 1.68 bits per heavy atom. The fourth-order valence-corrected chi connectivity index (χ4v) is 3.69. The number of thiol groups is 1. The van der Waals surface area contributed by atoms with Crippen molar-refractivity contribution in [1.82, 2.24) is 16.0 Å². The second kappa shape index (κ2) is 16.3. The number of hydrogen-bond donors (Lipinski definition) is 5. The minimum absolute atomic E-state index is 0.0111. The summed E-state index contributed by atoms with van der Waals surface area (Å²) in [6.07, 6.45) is -1.49. The molecule has 11 nitrogen and oxygen atoms in total. The summed E-state index contributed by atoms with van der Waals surface area (Å²) >= 11 is 7.43. The van der Waals surface area contributed by atoms with Crippen molar-refractivity contribution in [2.24, 2.45) is 0 Å². The minimum atomic E-state index is -1.36. The lowest BCUT2D eigenvalue weighted by molar-refractivity contribution is -0.869. The third-order valence-corrected chi connectivity index (χ3v) is 6.32. The monoisotopic (exact) mass is 603 g/mol. The Bertz CT molecular complexity index is 955. The lowest BCUT2D eigenvalue weighted by Gasteiger charge is -2.23. The Hall–Kier alpha value is -2.64. The highest BCUT2D eigenvalue weighted by Crippen LogP contribution is 2.16. The predicted octanol–water partition coefficient (Wildman–Crippen LogP) is 1.50. The molecule has 0 bridgehead atoms. The molecule has 3 amide bonds. The van der Waals surface area contributed by atoms with Gasteiger partial charge in [-0.15, -0.1) is 0 Å². The van der Waals surface area contributed by atoms with Crippen molar-refractivity contribution in [2.75, 3.05) is 40.0 Å². The molecule has 13 heteroatoms. The summed E-state index contributed by atoms with van der Waals surface area (Å²) in [5.74, 6) is -2.49. The van der Waals surface area contributed by atoms with Crippen LogP contribution in [0.2, 0.25) is 0 Å². The normalized spacial score (nSPS) is 12.7. The number of carbonyl (C=O) groups is 5. The van der Waals surface area contributed by atoms with Gasteiger partial charge in [0.2, 0.25) is 11.8 Å². The summed E-state index contributed by atoms with van der Waals surface area (Å²) in [6, 6.07) is 4.81. The number of likely N-dealkylation sites (N-methyl/N-ethyl adjacent to an activating group) is 1. The maximum Gasteiger partial charge on any atom is 0.408 e. The second-order valence-electron chi connectivity index (χ2n) is 9.37. The van der Waals surface area contributed by atoms with Crippen LogP contribution in [-0.2, 0) is 30.5 Å². The summed E-state index contributed by atoms with van der Waals surface area (Å²) in [7, 11) is 6.00. The van der Waals surface area contributed by atoms with Gasteiger partial charge in [0.15, 0.2) is 5.78 Å². The smallest absolute Gasteiger partial charge is 0.408 e. The van der Waals surface area contributed by atoms with E-state index in [0.717, 1.165) is 11.0 Å². The summed E-state index contributed by atoms with van der Waals surface area (Å²) < 4.78 is 6.50. The molecule has 0 heterocycles.